The molecule has 94 valence electrons. The van der Waals surface area contributed by atoms with Crippen molar-refractivity contribution in [1.82, 2.24) is 0 Å². The number of hydrogen-bond donors (Lipinski definition) is 1. The molecule has 2 heteroatoms. The van der Waals surface area contributed by atoms with Crippen LogP contribution in [0.3, 0.4) is 0 Å². The minimum absolute atomic E-state index is 0.109. The fourth-order valence-electron chi connectivity index (χ4n) is 2.70. The van der Waals surface area contributed by atoms with Gasteiger partial charge in [0, 0.05) is 13.2 Å². The number of ether oxygens (including phenoxy) is 1. The monoisotopic (exact) mass is 242 g/mol. The Balaban J connectivity index is 1.95. The van der Waals surface area contributed by atoms with Crippen molar-refractivity contribution in [2.24, 2.45) is 0 Å². The summed E-state index contributed by atoms with van der Waals surface area (Å²) in [5.41, 5.74) is 2.39. The van der Waals surface area contributed by atoms with Crippen LogP contribution in [0.1, 0.15) is 29.9 Å². The van der Waals surface area contributed by atoms with Gasteiger partial charge in [0.2, 0.25) is 0 Å². The number of hydrogen-bond acceptors (Lipinski definition) is 2. The number of aliphatic hydroxyl groups is 1. The molecule has 2 aromatic rings. The minimum Gasteiger partial charge on any atom is -0.392 e. The molecular weight excluding hydrogens is 224 g/mol. The lowest BCUT2D eigenvalue weighted by atomic mass is 9.90. The molecule has 0 aromatic heterocycles. The second kappa shape index (κ2) is 5.09. The number of benzene rings is 2. The summed E-state index contributed by atoms with van der Waals surface area (Å²) in [4.78, 5) is 0. The van der Waals surface area contributed by atoms with Gasteiger partial charge in [0.15, 0.2) is 0 Å². The van der Waals surface area contributed by atoms with E-state index in [0.29, 0.717) is 5.92 Å². The molecule has 0 atom stereocenters. The van der Waals surface area contributed by atoms with Gasteiger partial charge in [-0.05, 0) is 46.7 Å². The summed E-state index contributed by atoms with van der Waals surface area (Å²) in [6, 6.07) is 12.8. The lowest BCUT2D eigenvalue weighted by Gasteiger charge is -2.22. The average molecular weight is 242 g/mol. The zero-order valence-corrected chi connectivity index (χ0v) is 10.4. The molecule has 0 spiro atoms. The highest BCUT2D eigenvalue weighted by Crippen LogP contribution is 2.29. The van der Waals surface area contributed by atoms with Crippen LogP contribution in [0.15, 0.2) is 36.4 Å². The van der Waals surface area contributed by atoms with Crippen molar-refractivity contribution in [2.45, 2.75) is 25.4 Å². The minimum atomic E-state index is 0.109. The molecular formula is C16H18O2. The molecule has 1 fully saturated rings. The maximum atomic E-state index is 9.14. The Hall–Kier alpha value is -1.38. The van der Waals surface area contributed by atoms with Crippen LogP contribution in [0.5, 0.6) is 0 Å². The normalized spacial score (nSPS) is 17.2. The van der Waals surface area contributed by atoms with Crippen molar-refractivity contribution in [2.75, 3.05) is 13.2 Å². The molecule has 1 aliphatic heterocycles. The smallest absolute Gasteiger partial charge is 0.0682 e. The Labute approximate surface area is 107 Å². The molecule has 0 unspecified atom stereocenters. The third-order valence-corrected chi connectivity index (χ3v) is 3.80. The van der Waals surface area contributed by atoms with E-state index in [0.717, 1.165) is 31.6 Å². The molecule has 2 nitrogen and oxygen atoms in total. The van der Waals surface area contributed by atoms with Crippen LogP contribution in [0.2, 0.25) is 0 Å². The zero-order chi connectivity index (χ0) is 12.4. The fourth-order valence-corrected chi connectivity index (χ4v) is 2.70. The first kappa shape index (κ1) is 11.7. The van der Waals surface area contributed by atoms with E-state index in [-0.39, 0.29) is 6.61 Å². The van der Waals surface area contributed by atoms with Gasteiger partial charge in [-0.3, -0.25) is 0 Å². The third-order valence-electron chi connectivity index (χ3n) is 3.80. The van der Waals surface area contributed by atoms with E-state index in [1.165, 1.54) is 16.3 Å². The van der Waals surface area contributed by atoms with Crippen molar-refractivity contribution in [3.63, 3.8) is 0 Å². The predicted molar refractivity (Wildman–Crippen MR) is 72.7 cm³/mol. The molecule has 1 aliphatic rings. The topological polar surface area (TPSA) is 29.5 Å². The van der Waals surface area contributed by atoms with Crippen molar-refractivity contribution in [3.8, 4) is 0 Å². The quantitative estimate of drug-likeness (QED) is 0.876. The summed E-state index contributed by atoms with van der Waals surface area (Å²) in [6.45, 7) is 1.87. The summed E-state index contributed by atoms with van der Waals surface area (Å²) in [5, 5.41) is 11.6. The van der Waals surface area contributed by atoms with Crippen molar-refractivity contribution in [3.05, 3.63) is 47.5 Å². The highest BCUT2D eigenvalue weighted by atomic mass is 16.5. The third kappa shape index (κ3) is 2.26. The lowest BCUT2D eigenvalue weighted by Crippen LogP contribution is -2.13. The molecule has 0 amide bonds. The Morgan fingerprint density at radius 2 is 1.72 bits per heavy atom. The van der Waals surface area contributed by atoms with E-state index in [9.17, 15) is 0 Å². The van der Waals surface area contributed by atoms with Crippen molar-refractivity contribution < 1.29 is 9.84 Å². The number of aliphatic hydroxyl groups excluding tert-OH is 1. The van der Waals surface area contributed by atoms with Gasteiger partial charge in [0.05, 0.1) is 6.61 Å². The van der Waals surface area contributed by atoms with Gasteiger partial charge in [-0.25, -0.2) is 0 Å². The maximum absolute atomic E-state index is 9.14. The fraction of sp³-hybridized carbons (Fsp3) is 0.375. The standard InChI is InChI=1S/C16H18O2/c17-11-12-1-2-16-10-15(4-3-14(16)9-12)13-5-7-18-8-6-13/h1-4,9-10,13,17H,5-8,11H2. The molecule has 0 aliphatic carbocycles. The van der Waals surface area contributed by atoms with E-state index < -0.39 is 0 Å². The summed E-state index contributed by atoms with van der Waals surface area (Å²) in [7, 11) is 0. The van der Waals surface area contributed by atoms with Gasteiger partial charge in [-0.1, -0.05) is 30.3 Å². The molecule has 0 radical (unpaired) electrons. The van der Waals surface area contributed by atoms with Crippen LogP contribution >= 0.6 is 0 Å². The molecule has 3 rings (SSSR count). The van der Waals surface area contributed by atoms with Gasteiger partial charge in [0.25, 0.3) is 0 Å². The Morgan fingerprint density at radius 1 is 1.00 bits per heavy atom. The van der Waals surface area contributed by atoms with E-state index in [1.54, 1.807) is 0 Å². The van der Waals surface area contributed by atoms with Crippen molar-refractivity contribution in [1.29, 1.82) is 0 Å². The summed E-state index contributed by atoms with van der Waals surface area (Å²) < 4.78 is 5.41. The van der Waals surface area contributed by atoms with E-state index >= 15 is 0 Å². The molecule has 0 saturated carbocycles. The Bertz CT molecular complexity index is 542. The lowest BCUT2D eigenvalue weighted by molar-refractivity contribution is 0.0853. The van der Waals surface area contributed by atoms with Gasteiger partial charge >= 0.3 is 0 Å². The molecule has 0 bridgehead atoms. The molecule has 1 N–H and O–H groups in total. The highest BCUT2D eigenvalue weighted by Gasteiger charge is 2.15. The highest BCUT2D eigenvalue weighted by molar-refractivity contribution is 5.84. The first-order chi connectivity index (χ1) is 8.86. The van der Waals surface area contributed by atoms with E-state index in [2.05, 4.69) is 30.3 Å². The van der Waals surface area contributed by atoms with Crippen LogP contribution in [-0.4, -0.2) is 18.3 Å². The largest absolute Gasteiger partial charge is 0.392 e. The predicted octanol–water partition coefficient (Wildman–Crippen LogP) is 3.23. The number of fused-ring (bicyclic) bond motifs is 1. The van der Waals surface area contributed by atoms with E-state index in [4.69, 9.17) is 9.84 Å². The molecule has 2 aromatic carbocycles. The zero-order valence-electron chi connectivity index (χ0n) is 10.4. The van der Waals surface area contributed by atoms with Gasteiger partial charge in [-0.15, -0.1) is 0 Å². The molecule has 1 heterocycles. The molecule has 1 saturated heterocycles. The first-order valence-electron chi connectivity index (χ1n) is 6.58. The van der Waals surface area contributed by atoms with Crippen LogP contribution in [0.4, 0.5) is 0 Å². The number of rotatable bonds is 2. The van der Waals surface area contributed by atoms with E-state index in [1.807, 2.05) is 6.07 Å². The molecule has 18 heavy (non-hydrogen) atoms. The SMILES string of the molecule is OCc1ccc2cc(C3CCOCC3)ccc2c1. The summed E-state index contributed by atoms with van der Waals surface area (Å²) >= 11 is 0. The van der Waals surface area contributed by atoms with Gasteiger partial charge in [0.1, 0.15) is 0 Å². The summed E-state index contributed by atoms with van der Waals surface area (Å²) in [6.07, 6.45) is 2.25. The van der Waals surface area contributed by atoms with Crippen LogP contribution in [-0.2, 0) is 11.3 Å². The van der Waals surface area contributed by atoms with Gasteiger partial charge in [-0.2, -0.15) is 0 Å². The second-order valence-electron chi connectivity index (χ2n) is 4.99. The van der Waals surface area contributed by atoms with Crippen LogP contribution < -0.4 is 0 Å². The van der Waals surface area contributed by atoms with Crippen LogP contribution in [0.25, 0.3) is 10.8 Å². The maximum Gasteiger partial charge on any atom is 0.0682 e. The van der Waals surface area contributed by atoms with Crippen LogP contribution in [0, 0.1) is 0 Å². The average Bonchev–Trinajstić information content (AvgIpc) is 2.47. The summed E-state index contributed by atoms with van der Waals surface area (Å²) in [5.74, 6) is 0.640. The first-order valence-corrected chi connectivity index (χ1v) is 6.58. The Kier molecular flexibility index (Phi) is 3.31. The van der Waals surface area contributed by atoms with Gasteiger partial charge < -0.3 is 9.84 Å². The Morgan fingerprint density at radius 3 is 2.50 bits per heavy atom. The second-order valence-corrected chi connectivity index (χ2v) is 4.99. The van der Waals surface area contributed by atoms with Crippen molar-refractivity contribution >= 4 is 10.8 Å².